The number of nitrogens with two attached hydrogens (primary N) is 1. The second-order valence-corrected chi connectivity index (χ2v) is 1.70. The summed E-state index contributed by atoms with van der Waals surface area (Å²) in [5.41, 5.74) is 5.03. The molecule has 8 heavy (non-hydrogen) atoms. The molecule has 3 nitrogen and oxygen atoms in total. The van der Waals surface area contributed by atoms with E-state index in [4.69, 9.17) is 15.6 Å². The molecule has 1 unspecified atom stereocenters. The summed E-state index contributed by atoms with van der Waals surface area (Å²) in [5, 5.41) is 8.50. The van der Waals surface area contributed by atoms with Gasteiger partial charge in [-0.15, -0.1) is 0 Å². The van der Waals surface area contributed by atoms with Crippen LogP contribution in [0, 0.1) is 0 Å². The van der Waals surface area contributed by atoms with Crippen molar-refractivity contribution in [3.05, 3.63) is 0 Å². The summed E-state index contributed by atoms with van der Waals surface area (Å²) < 4.78 is 4.73. The van der Waals surface area contributed by atoms with Crippen LogP contribution in [0.5, 0.6) is 0 Å². The van der Waals surface area contributed by atoms with Gasteiger partial charge in [0.15, 0.2) is 0 Å². The third-order valence-electron chi connectivity index (χ3n) is 0.848. The highest BCUT2D eigenvalue weighted by Crippen LogP contribution is 1.89. The number of hydrogen-bond donors (Lipinski definition) is 2. The number of aliphatic hydroxyl groups is 1. The third kappa shape index (κ3) is 5.88. The molecule has 0 amide bonds. The fourth-order valence-corrected chi connectivity index (χ4v) is 0.437. The summed E-state index contributed by atoms with van der Waals surface area (Å²) in [6.07, 6.45) is 0.771. The van der Waals surface area contributed by atoms with Crippen molar-refractivity contribution in [1.29, 1.82) is 0 Å². The van der Waals surface area contributed by atoms with Gasteiger partial charge in [-0.25, -0.2) is 0 Å². The van der Waals surface area contributed by atoms with Gasteiger partial charge >= 0.3 is 0 Å². The molecule has 0 fully saturated rings. The van der Waals surface area contributed by atoms with Gasteiger partial charge in [-0.3, -0.25) is 0 Å². The van der Waals surface area contributed by atoms with E-state index in [2.05, 4.69) is 0 Å². The molecule has 0 radical (unpaired) electrons. The summed E-state index contributed by atoms with van der Waals surface area (Å²) >= 11 is 0. The van der Waals surface area contributed by atoms with Gasteiger partial charge in [-0.1, -0.05) is 0 Å². The Hall–Kier alpha value is -0.120. The van der Waals surface area contributed by atoms with Crippen molar-refractivity contribution >= 4 is 0 Å². The van der Waals surface area contributed by atoms with Gasteiger partial charge < -0.3 is 15.6 Å². The van der Waals surface area contributed by atoms with Crippen molar-refractivity contribution in [3.8, 4) is 0 Å². The Bertz CT molecular complexity index is 47.7. The predicted octanol–water partition coefficient (Wildman–Crippen LogP) is -0.310. The second kappa shape index (κ2) is 5.03. The van der Waals surface area contributed by atoms with Crippen molar-refractivity contribution < 1.29 is 9.84 Å². The van der Waals surface area contributed by atoms with Gasteiger partial charge in [0.25, 0.3) is 0 Å². The van der Waals surface area contributed by atoms with Gasteiger partial charge in [0.05, 0.1) is 0 Å². The van der Waals surface area contributed by atoms with Crippen molar-refractivity contribution in [2.75, 3.05) is 13.7 Å². The number of rotatable bonds is 4. The first-order valence-electron chi connectivity index (χ1n) is 2.70. The molecule has 0 spiro atoms. The minimum absolute atomic E-state index is 0.619. The van der Waals surface area contributed by atoms with Crippen LogP contribution in [0.3, 0.4) is 0 Å². The minimum atomic E-state index is -0.676. The van der Waals surface area contributed by atoms with Crippen LogP contribution in [0.4, 0.5) is 0 Å². The Labute approximate surface area is 49.4 Å². The van der Waals surface area contributed by atoms with Gasteiger partial charge in [0.1, 0.15) is 6.23 Å². The summed E-state index contributed by atoms with van der Waals surface area (Å²) in [4.78, 5) is 0. The second-order valence-electron chi connectivity index (χ2n) is 1.70. The lowest BCUT2D eigenvalue weighted by Crippen LogP contribution is -2.18. The molecule has 0 aliphatic heterocycles. The van der Waals surface area contributed by atoms with Gasteiger partial charge in [0, 0.05) is 13.7 Å². The molecule has 0 aliphatic carbocycles. The quantitative estimate of drug-likeness (QED) is 0.394. The molecule has 3 heteroatoms. The number of ether oxygens (including phenoxy) is 1. The van der Waals surface area contributed by atoms with Crippen molar-refractivity contribution in [1.82, 2.24) is 0 Å². The highest BCUT2D eigenvalue weighted by molar-refractivity contribution is 4.43. The molecule has 0 aromatic rings. The Balaban J connectivity index is 2.72. The Morgan fingerprint density at radius 2 is 2.38 bits per heavy atom. The Kier molecular flexibility index (Phi) is 4.95. The van der Waals surface area contributed by atoms with Crippen LogP contribution in [0.1, 0.15) is 12.8 Å². The van der Waals surface area contributed by atoms with Crippen molar-refractivity contribution in [3.63, 3.8) is 0 Å². The van der Waals surface area contributed by atoms with E-state index in [1.54, 1.807) is 7.11 Å². The number of aliphatic hydroxyl groups excluding tert-OH is 1. The first kappa shape index (κ1) is 7.88. The van der Waals surface area contributed by atoms with Crippen LogP contribution < -0.4 is 5.73 Å². The van der Waals surface area contributed by atoms with E-state index < -0.39 is 6.23 Å². The maximum absolute atomic E-state index is 8.50. The van der Waals surface area contributed by atoms with Crippen LogP contribution in [0.15, 0.2) is 0 Å². The summed E-state index contributed by atoms with van der Waals surface area (Å²) in [6, 6.07) is 0. The fraction of sp³-hybridized carbons (Fsp3) is 1.00. The molecule has 0 heterocycles. The fourth-order valence-electron chi connectivity index (χ4n) is 0.437. The lowest BCUT2D eigenvalue weighted by molar-refractivity contribution is 0.139. The van der Waals surface area contributed by atoms with Gasteiger partial charge in [-0.05, 0) is 12.8 Å². The molecule has 0 aromatic carbocycles. The summed E-state index contributed by atoms with van der Waals surface area (Å²) in [7, 11) is 1.63. The van der Waals surface area contributed by atoms with E-state index in [-0.39, 0.29) is 0 Å². The van der Waals surface area contributed by atoms with E-state index in [1.165, 1.54) is 0 Å². The molecule has 0 saturated carbocycles. The Morgan fingerprint density at radius 3 is 2.75 bits per heavy atom. The highest BCUT2D eigenvalue weighted by Gasteiger charge is 1.92. The van der Waals surface area contributed by atoms with Gasteiger partial charge in [0.2, 0.25) is 0 Å². The lowest BCUT2D eigenvalue weighted by atomic mass is 10.3. The van der Waals surface area contributed by atoms with E-state index in [1.807, 2.05) is 0 Å². The van der Waals surface area contributed by atoms with Gasteiger partial charge in [-0.2, -0.15) is 0 Å². The smallest absolute Gasteiger partial charge is 0.102 e. The lowest BCUT2D eigenvalue weighted by Gasteiger charge is -2.00. The van der Waals surface area contributed by atoms with E-state index in [9.17, 15) is 0 Å². The largest absolute Gasteiger partial charge is 0.385 e. The average Bonchev–Trinajstić information content (AvgIpc) is 1.66. The zero-order valence-corrected chi connectivity index (χ0v) is 5.13. The Morgan fingerprint density at radius 1 is 1.75 bits per heavy atom. The molecule has 0 rings (SSSR count). The minimum Gasteiger partial charge on any atom is -0.385 e. The monoisotopic (exact) mass is 119 g/mol. The summed E-state index contributed by atoms with van der Waals surface area (Å²) in [5.74, 6) is 0. The van der Waals surface area contributed by atoms with Crippen molar-refractivity contribution in [2.45, 2.75) is 19.1 Å². The van der Waals surface area contributed by atoms with E-state index in [0.717, 1.165) is 6.42 Å². The summed E-state index contributed by atoms with van der Waals surface area (Å²) in [6.45, 7) is 0.675. The number of methoxy groups -OCH3 is 1. The number of hydrogen-bond acceptors (Lipinski definition) is 3. The zero-order chi connectivity index (χ0) is 6.41. The highest BCUT2D eigenvalue weighted by atomic mass is 16.5. The average molecular weight is 119 g/mol. The SMILES string of the molecule is COCCCC(N)O. The van der Waals surface area contributed by atoms with Crippen LogP contribution in [-0.4, -0.2) is 25.1 Å². The molecule has 0 aromatic heterocycles. The maximum atomic E-state index is 8.50. The maximum Gasteiger partial charge on any atom is 0.102 e. The molecule has 0 bridgehead atoms. The van der Waals surface area contributed by atoms with E-state index in [0.29, 0.717) is 13.0 Å². The third-order valence-corrected chi connectivity index (χ3v) is 0.848. The van der Waals surface area contributed by atoms with E-state index >= 15 is 0 Å². The van der Waals surface area contributed by atoms with Crippen LogP contribution in [0.25, 0.3) is 0 Å². The van der Waals surface area contributed by atoms with Crippen LogP contribution in [0.2, 0.25) is 0 Å². The molecular formula is C5H13NO2. The van der Waals surface area contributed by atoms with Crippen molar-refractivity contribution in [2.24, 2.45) is 5.73 Å². The zero-order valence-electron chi connectivity index (χ0n) is 5.13. The molecule has 0 aliphatic rings. The normalized spacial score (nSPS) is 13.9. The van der Waals surface area contributed by atoms with Crippen LogP contribution in [-0.2, 0) is 4.74 Å². The molecule has 50 valence electrons. The topological polar surface area (TPSA) is 55.5 Å². The van der Waals surface area contributed by atoms with Crippen LogP contribution >= 0.6 is 0 Å². The molecule has 0 saturated heterocycles. The standard InChI is InChI=1S/C5H13NO2/c1-8-4-2-3-5(6)7/h5,7H,2-4,6H2,1H3. The molecule has 1 atom stereocenters. The first-order valence-corrected chi connectivity index (χ1v) is 2.70. The molecular weight excluding hydrogens is 106 g/mol. The first-order chi connectivity index (χ1) is 3.77. The molecule has 3 N–H and O–H groups in total. The predicted molar refractivity (Wildman–Crippen MR) is 31.3 cm³/mol.